The van der Waals surface area contributed by atoms with E-state index >= 15 is 0 Å². The maximum Gasteiger partial charge on any atom is 0.344 e. The van der Waals surface area contributed by atoms with Crippen molar-refractivity contribution in [1.29, 1.82) is 0 Å². The highest BCUT2D eigenvalue weighted by atomic mass is 16.6. The predicted octanol–water partition coefficient (Wildman–Crippen LogP) is 4.71. The second-order valence-corrected chi connectivity index (χ2v) is 7.94. The van der Waals surface area contributed by atoms with Gasteiger partial charge in [0.15, 0.2) is 12.4 Å². The van der Waals surface area contributed by atoms with Gasteiger partial charge in [-0.05, 0) is 80.1 Å². The number of nitrogens with two attached hydrogens (primary N) is 1. The zero-order chi connectivity index (χ0) is 22.7. The molecule has 0 unspecified atom stereocenters. The molecule has 0 aliphatic carbocycles. The normalized spacial score (nSPS) is 11.1. The van der Waals surface area contributed by atoms with Crippen LogP contribution in [0.2, 0.25) is 0 Å². The molecule has 0 amide bonds. The highest BCUT2D eigenvalue weighted by Gasteiger charge is 2.10. The average Bonchev–Trinajstić information content (AvgIpc) is 2.77. The Bertz CT molecular complexity index is 1300. The first-order valence-corrected chi connectivity index (χ1v) is 10.8. The van der Waals surface area contributed by atoms with E-state index in [0.717, 1.165) is 51.3 Å². The van der Waals surface area contributed by atoms with E-state index in [9.17, 15) is 4.79 Å². The number of benzene rings is 2. The number of esters is 1. The summed E-state index contributed by atoms with van der Waals surface area (Å²) in [4.78, 5) is 20.6. The summed E-state index contributed by atoms with van der Waals surface area (Å²) >= 11 is 0. The van der Waals surface area contributed by atoms with Crippen LogP contribution < -0.4 is 10.5 Å². The Morgan fingerprint density at radius 2 is 1.88 bits per heavy atom. The number of aromatic nitrogens is 2. The predicted molar refractivity (Wildman–Crippen MR) is 127 cm³/mol. The van der Waals surface area contributed by atoms with E-state index in [4.69, 9.17) is 15.2 Å². The number of carbonyl (C=O) groups excluding carboxylic acids is 1. The van der Waals surface area contributed by atoms with Gasteiger partial charge in [-0.15, -0.1) is 0 Å². The van der Waals surface area contributed by atoms with Crippen molar-refractivity contribution in [3.8, 4) is 5.75 Å². The Balaban J connectivity index is 1.51. The molecular weight excluding hydrogens is 402 g/mol. The van der Waals surface area contributed by atoms with Gasteiger partial charge in [0.1, 0.15) is 11.3 Å². The number of pyridine rings is 2. The molecule has 0 spiro atoms. The zero-order valence-electron chi connectivity index (χ0n) is 18.6. The zero-order valence-corrected chi connectivity index (χ0v) is 18.6. The van der Waals surface area contributed by atoms with E-state index in [0.29, 0.717) is 18.2 Å². The number of carbonyl (C=O) groups is 1. The minimum absolute atomic E-state index is 0.0825. The minimum Gasteiger partial charge on any atom is -0.482 e. The first-order valence-electron chi connectivity index (χ1n) is 10.8. The van der Waals surface area contributed by atoms with Crippen molar-refractivity contribution in [1.82, 2.24) is 9.97 Å². The molecular formula is C26H27N3O3. The number of hydrogen-bond acceptors (Lipinski definition) is 6. The van der Waals surface area contributed by atoms with Crippen LogP contribution in [0.4, 0.5) is 5.82 Å². The number of nitrogens with zero attached hydrogens (tertiary/aromatic N) is 2. The summed E-state index contributed by atoms with van der Waals surface area (Å²) < 4.78 is 10.4. The standard InChI is InChI=1S/C26H27N3O3/c1-4-31-24(30)15-32-20-9-8-19(17(3)12-20)7-6-18-13-22-21-10-5-16(2)11-23(21)29-26(27)25(22)28-14-18/h5,8-14H,4,6-7,15H2,1-3H3,(H2,27,29). The number of rotatable bonds is 7. The van der Waals surface area contributed by atoms with E-state index in [2.05, 4.69) is 28.2 Å². The van der Waals surface area contributed by atoms with Crippen molar-refractivity contribution in [3.05, 3.63) is 70.9 Å². The molecule has 4 aromatic rings. The molecule has 0 saturated carbocycles. The van der Waals surface area contributed by atoms with Crippen LogP contribution in [0, 0.1) is 13.8 Å². The summed E-state index contributed by atoms with van der Waals surface area (Å²) in [5, 5.41) is 2.10. The van der Waals surface area contributed by atoms with Crippen LogP contribution in [0.15, 0.2) is 48.7 Å². The lowest BCUT2D eigenvalue weighted by atomic mass is 9.99. The maximum absolute atomic E-state index is 11.5. The first kappa shape index (κ1) is 21.6. The van der Waals surface area contributed by atoms with Gasteiger partial charge in [-0.1, -0.05) is 18.2 Å². The van der Waals surface area contributed by atoms with E-state index in [1.807, 2.05) is 44.3 Å². The van der Waals surface area contributed by atoms with Gasteiger partial charge >= 0.3 is 5.97 Å². The third kappa shape index (κ3) is 4.64. The number of aryl methyl sites for hydroxylation is 4. The third-order valence-electron chi connectivity index (χ3n) is 5.53. The second-order valence-electron chi connectivity index (χ2n) is 7.94. The Hall–Kier alpha value is -3.67. The molecule has 0 aliphatic heterocycles. The van der Waals surface area contributed by atoms with Gasteiger partial charge in [-0.3, -0.25) is 4.98 Å². The van der Waals surface area contributed by atoms with Crippen LogP contribution >= 0.6 is 0 Å². The molecule has 0 fully saturated rings. The van der Waals surface area contributed by atoms with Crippen LogP contribution in [0.25, 0.3) is 21.8 Å². The molecule has 0 radical (unpaired) electrons. The molecule has 2 aromatic carbocycles. The lowest BCUT2D eigenvalue weighted by molar-refractivity contribution is -0.145. The Kier molecular flexibility index (Phi) is 6.21. The molecule has 6 heteroatoms. The summed E-state index contributed by atoms with van der Waals surface area (Å²) in [6.45, 7) is 6.14. The molecule has 0 aliphatic rings. The highest BCUT2D eigenvalue weighted by Crippen LogP contribution is 2.28. The van der Waals surface area contributed by atoms with E-state index in [1.54, 1.807) is 6.92 Å². The van der Waals surface area contributed by atoms with Crippen molar-refractivity contribution in [2.75, 3.05) is 18.9 Å². The van der Waals surface area contributed by atoms with Gasteiger partial charge in [0, 0.05) is 17.0 Å². The fourth-order valence-electron chi connectivity index (χ4n) is 3.86. The molecule has 2 heterocycles. The monoisotopic (exact) mass is 429 g/mol. The largest absolute Gasteiger partial charge is 0.482 e. The number of fused-ring (bicyclic) bond motifs is 3. The fraction of sp³-hybridized carbons (Fsp3) is 0.269. The summed E-state index contributed by atoms with van der Waals surface area (Å²) in [5.74, 6) is 0.756. The van der Waals surface area contributed by atoms with Crippen LogP contribution in [-0.4, -0.2) is 29.2 Å². The Morgan fingerprint density at radius 3 is 2.66 bits per heavy atom. The molecule has 4 rings (SSSR count). The lowest BCUT2D eigenvalue weighted by Gasteiger charge is -2.11. The van der Waals surface area contributed by atoms with Crippen LogP contribution in [0.3, 0.4) is 0 Å². The molecule has 2 aromatic heterocycles. The van der Waals surface area contributed by atoms with E-state index in [1.165, 1.54) is 5.56 Å². The SMILES string of the molecule is CCOC(=O)COc1ccc(CCc2cnc3c(N)nc4cc(C)ccc4c3c2)c(C)c1. The second kappa shape index (κ2) is 9.22. The topological polar surface area (TPSA) is 87.3 Å². The summed E-state index contributed by atoms with van der Waals surface area (Å²) in [6, 6.07) is 14.3. The van der Waals surface area contributed by atoms with Crippen molar-refractivity contribution < 1.29 is 14.3 Å². The highest BCUT2D eigenvalue weighted by molar-refractivity contribution is 6.08. The number of anilines is 1. The summed E-state index contributed by atoms with van der Waals surface area (Å²) in [5.41, 5.74) is 12.4. The summed E-state index contributed by atoms with van der Waals surface area (Å²) in [7, 11) is 0. The fourth-order valence-corrected chi connectivity index (χ4v) is 3.86. The van der Waals surface area contributed by atoms with Gasteiger partial charge in [0.25, 0.3) is 0 Å². The third-order valence-corrected chi connectivity index (χ3v) is 5.53. The van der Waals surface area contributed by atoms with Crippen LogP contribution in [0.5, 0.6) is 5.75 Å². The smallest absolute Gasteiger partial charge is 0.344 e. The molecule has 6 nitrogen and oxygen atoms in total. The molecule has 2 N–H and O–H groups in total. The number of ether oxygens (including phenoxy) is 2. The van der Waals surface area contributed by atoms with Gasteiger partial charge < -0.3 is 15.2 Å². The van der Waals surface area contributed by atoms with E-state index < -0.39 is 0 Å². The van der Waals surface area contributed by atoms with Crippen molar-refractivity contribution in [2.24, 2.45) is 0 Å². The molecule has 0 atom stereocenters. The first-order chi connectivity index (χ1) is 15.4. The maximum atomic E-state index is 11.5. The molecule has 0 bridgehead atoms. The van der Waals surface area contributed by atoms with E-state index in [-0.39, 0.29) is 12.6 Å². The van der Waals surface area contributed by atoms with Crippen molar-refractivity contribution in [2.45, 2.75) is 33.6 Å². The van der Waals surface area contributed by atoms with Crippen LogP contribution in [0.1, 0.15) is 29.2 Å². The molecule has 164 valence electrons. The average molecular weight is 430 g/mol. The van der Waals surface area contributed by atoms with Gasteiger partial charge in [-0.2, -0.15) is 0 Å². The Labute approximate surface area is 187 Å². The van der Waals surface area contributed by atoms with Crippen LogP contribution in [-0.2, 0) is 22.4 Å². The minimum atomic E-state index is -0.364. The lowest BCUT2D eigenvalue weighted by Crippen LogP contribution is -2.14. The molecule has 0 saturated heterocycles. The number of nitrogen functional groups attached to an aromatic ring is 1. The van der Waals surface area contributed by atoms with Gasteiger partial charge in [-0.25, -0.2) is 9.78 Å². The quantitative estimate of drug-likeness (QED) is 0.338. The van der Waals surface area contributed by atoms with Gasteiger partial charge in [0.2, 0.25) is 0 Å². The van der Waals surface area contributed by atoms with Crippen molar-refractivity contribution in [3.63, 3.8) is 0 Å². The molecule has 32 heavy (non-hydrogen) atoms. The van der Waals surface area contributed by atoms with Crippen molar-refractivity contribution >= 4 is 33.6 Å². The van der Waals surface area contributed by atoms with Gasteiger partial charge in [0.05, 0.1) is 12.1 Å². The Morgan fingerprint density at radius 1 is 1.03 bits per heavy atom. The summed E-state index contributed by atoms with van der Waals surface area (Å²) in [6.07, 6.45) is 3.60. The number of hydrogen-bond donors (Lipinski definition) is 1.